The van der Waals surface area contributed by atoms with Gasteiger partial charge in [-0.25, -0.2) is 0 Å². The van der Waals surface area contributed by atoms with E-state index in [1.807, 2.05) is 6.92 Å². The highest BCUT2D eigenvalue weighted by atomic mass is 32.1. The Balaban J connectivity index is 2.71. The second-order valence-corrected chi connectivity index (χ2v) is 2.88. The van der Waals surface area contributed by atoms with Crippen molar-refractivity contribution in [3.8, 4) is 0 Å². The number of carbonyl (C=O) groups excluding carboxylic acids is 1. The molecule has 0 unspecified atom stereocenters. The summed E-state index contributed by atoms with van der Waals surface area (Å²) in [5, 5.41) is 0.323. The Labute approximate surface area is 71.3 Å². The summed E-state index contributed by atoms with van der Waals surface area (Å²) in [6, 6.07) is 0.153. The predicted octanol–water partition coefficient (Wildman–Crippen LogP) is 0.929. The maximum atomic E-state index is 11.0. The van der Waals surface area contributed by atoms with Gasteiger partial charge in [0.2, 0.25) is 5.91 Å². The van der Waals surface area contributed by atoms with Gasteiger partial charge in [-0.15, -0.1) is 0 Å². The van der Waals surface area contributed by atoms with E-state index < -0.39 is 0 Å². The molecule has 11 heavy (non-hydrogen) atoms. The Morgan fingerprint density at radius 1 is 1.91 bits per heavy atom. The monoisotopic (exact) mass is 173 g/mol. The summed E-state index contributed by atoms with van der Waals surface area (Å²) >= 11 is 4.84. The molecule has 1 fully saturated rings. The van der Waals surface area contributed by atoms with Crippen LogP contribution in [0.15, 0.2) is 0 Å². The SMILES string of the molecule is CC[C@H]1COC(=S)N1C(C)=O. The smallest absolute Gasteiger partial charge is 0.266 e. The van der Waals surface area contributed by atoms with Gasteiger partial charge in [0.1, 0.15) is 6.61 Å². The summed E-state index contributed by atoms with van der Waals surface area (Å²) in [5.41, 5.74) is 0. The van der Waals surface area contributed by atoms with Crippen molar-refractivity contribution in [1.29, 1.82) is 0 Å². The average Bonchev–Trinajstić information content (AvgIpc) is 2.30. The van der Waals surface area contributed by atoms with E-state index >= 15 is 0 Å². The number of thiocarbonyl (C=S) groups is 1. The second kappa shape index (κ2) is 3.17. The summed E-state index contributed by atoms with van der Waals surface area (Å²) in [5.74, 6) is -0.0284. The van der Waals surface area contributed by atoms with Crippen molar-refractivity contribution in [1.82, 2.24) is 4.90 Å². The predicted molar refractivity (Wildman–Crippen MR) is 45.1 cm³/mol. The molecule has 0 aliphatic carbocycles. The van der Waals surface area contributed by atoms with Gasteiger partial charge in [0.05, 0.1) is 6.04 Å². The molecule has 0 radical (unpaired) electrons. The molecule has 0 aromatic carbocycles. The maximum absolute atomic E-state index is 11.0. The van der Waals surface area contributed by atoms with Gasteiger partial charge in [-0.05, 0) is 18.6 Å². The first-order chi connectivity index (χ1) is 5.16. The standard InChI is InChI=1S/C7H11NO2S/c1-3-6-4-10-7(11)8(6)5(2)9/h6H,3-4H2,1-2H3/t6-/m0/s1. The molecule has 0 saturated carbocycles. The minimum atomic E-state index is -0.0284. The molecular weight excluding hydrogens is 162 g/mol. The quantitative estimate of drug-likeness (QED) is 0.552. The zero-order valence-electron chi connectivity index (χ0n) is 6.66. The molecule has 0 aromatic rings. The fraction of sp³-hybridized carbons (Fsp3) is 0.714. The van der Waals surface area contributed by atoms with Gasteiger partial charge in [-0.2, -0.15) is 0 Å². The number of nitrogens with zero attached hydrogens (tertiary/aromatic N) is 1. The van der Waals surface area contributed by atoms with Crippen LogP contribution in [0.3, 0.4) is 0 Å². The molecule has 4 heteroatoms. The van der Waals surface area contributed by atoms with Crippen LogP contribution >= 0.6 is 12.2 Å². The van der Waals surface area contributed by atoms with Crippen molar-refractivity contribution in [2.75, 3.05) is 6.61 Å². The molecule has 62 valence electrons. The van der Waals surface area contributed by atoms with Gasteiger partial charge >= 0.3 is 0 Å². The van der Waals surface area contributed by atoms with Gasteiger partial charge in [0.25, 0.3) is 5.17 Å². The third-order valence-corrected chi connectivity index (χ3v) is 2.09. The van der Waals surface area contributed by atoms with Crippen molar-refractivity contribution in [3.05, 3.63) is 0 Å². The zero-order chi connectivity index (χ0) is 8.43. The third-order valence-electron chi connectivity index (χ3n) is 1.77. The first kappa shape index (κ1) is 8.46. The molecule has 0 spiro atoms. The topological polar surface area (TPSA) is 29.5 Å². The summed E-state index contributed by atoms with van der Waals surface area (Å²) in [4.78, 5) is 12.5. The summed E-state index contributed by atoms with van der Waals surface area (Å²) in [7, 11) is 0. The summed E-state index contributed by atoms with van der Waals surface area (Å²) < 4.78 is 5.07. The van der Waals surface area contributed by atoms with Crippen LogP contribution in [0.4, 0.5) is 0 Å². The van der Waals surface area contributed by atoms with Crippen molar-refractivity contribution in [2.24, 2.45) is 0 Å². The van der Waals surface area contributed by atoms with Gasteiger partial charge in [-0.1, -0.05) is 6.92 Å². The van der Waals surface area contributed by atoms with Crippen molar-refractivity contribution >= 4 is 23.3 Å². The normalized spacial score (nSPS) is 23.6. The largest absolute Gasteiger partial charge is 0.468 e. The van der Waals surface area contributed by atoms with Crippen LogP contribution in [0, 0.1) is 0 Å². The zero-order valence-corrected chi connectivity index (χ0v) is 7.48. The van der Waals surface area contributed by atoms with E-state index in [9.17, 15) is 4.79 Å². The molecule has 1 amide bonds. The van der Waals surface area contributed by atoms with E-state index in [2.05, 4.69) is 0 Å². The van der Waals surface area contributed by atoms with Crippen LogP contribution in [0.25, 0.3) is 0 Å². The number of hydrogen-bond donors (Lipinski definition) is 0. The van der Waals surface area contributed by atoms with E-state index in [4.69, 9.17) is 17.0 Å². The van der Waals surface area contributed by atoms with Crippen LogP contribution in [-0.2, 0) is 9.53 Å². The molecule has 1 heterocycles. The van der Waals surface area contributed by atoms with Crippen LogP contribution in [0.1, 0.15) is 20.3 Å². The van der Waals surface area contributed by atoms with E-state index in [1.54, 1.807) is 0 Å². The summed E-state index contributed by atoms with van der Waals surface area (Å²) in [6.07, 6.45) is 0.889. The molecule has 1 aliphatic heterocycles. The third kappa shape index (κ3) is 1.50. The fourth-order valence-corrected chi connectivity index (χ4v) is 1.49. The van der Waals surface area contributed by atoms with Crippen LogP contribution < -0.4 is 0 Å². The van der Waals surface area contributed by atoms with E-state index in [1.165, 1.54) is 11.8 Å². The van der Waals surface area contributed by atoms with Crippen molar-refractivity contribution in [3.63, 3.8) is 0 Å². The lowest BCUT2D eigenvalue weighted by molar-refractivity contribution is -0.126. The first-order valence-corrected chi connectivity index (χ1v) is 4.04. The molecule has 1 aliphatic rings. The van der Waals surface area contributed by atoms with Gasteiger partial charge in [-0.3, -0.25) is 9.69 Å². The Morgan fingerprint density at radius 2 is 2.55 bits per heavy atom. The van der Waals surface area contributed by atoms with Crippen LogP contribution in [0.5, 0.6) is 0 Å². The lowest BCUT2D eigenvalue weighted by Gasteiger charge is -2.17. The lowest BCUT2D eigenvalue weighted by atomic mass is 10.2. The summed E-state index contributed by atoms with van der Waals surface area (Å²) in [6.45, 7) is 4.07. The molecule has 1 saturated heterocycles. The van der Waals surface area contributed by atoms with Gasteiger partial charge < -0.3 is 4.74 Å². The fourth-order valence-electron chi connectivity index (χ4n) is 1.15. The number of amides is 1. The molecule has 3 nitrogen and oxygen atoms in total. The highest BCUT2D eigenvalue weighted by molar-refractivity contribution is 7.80. The lowest BCUT2D eigenvalue weighted by Crippen LogP contribution is -2.36. The first-order valence-electron chi connectivity index (χ1n) is 3.63. The number of ether oxygens (including phenoxy) is 1. The number of hydrogen-bond acceptors (Lipinski definition) is 3. The number of carbonyl (C=O) groups is 1. The molecule has 0 N–H and O–H groups in total. The van der Waals surface area contributed by atoms with Crippen LogP contribution in [-0.4, -0.2) is 28.6 Å². The van der Waals surface area contributed by atoms with Gasteiger partial charge in [0, 0.05) is 6.92 Å². The Morgan fingerprint density at radius 3 is 2.91 bits per heavy atom. The van der Waals surface area contributed by atoms with Crippen molar-refractivity contribution < 1.29 is 9.53 Å². The molecule has 0 bridgehead atoms. The Hall–Kier alpha value is -0.640. The molecular formula is C7H11NO2S. The minimum absolute atomic E-state index is 0.0284. The Kier molecular flexibility index (Phi) is 2.44. The second-order valence-electron chi connectivity index (χ2n) is 2.53. The highest BCUT2D eigenvalue weighted by Crippen LogP contribution is 2.14. The van der Waals surface area contributed by atoms with E-state index in [-0.39, 0.29) is 11.9 Å². The van der Waals surface area contributed by atoms with E-state index in [0.29, 0.717) is 11.8 Å². The van der Waals surface area contributed by atoms with Gasteiger partial charge in [0.15, 0.2) is 0 Å². The number of rotatable bonds is 1. The molecule has 1 atom stereocenters. The molecule has 1 rings (SSSR count). The van der Waals surface area contributed by atoms with Crippen molar-refractivity contribution in [2.45, 2.75) is 26.3 Å². The Bertz CT molecular complexity index is 193. The molecule has 0 aromatic heterocycles. The average molecular weight is 173 g/mol. The van der Waals surface area contributed by atoms with E-state index in [0.717, 1.165) is 6.42 Å². The highest BCUT2D eigenvalue weighted by Gasteiger charge is 2.31. The van der Waals surface area contributed by atoms with Crippen LogP contribution in [0.2, 0.25) is 0 Å². The minimum Gasteiger partial charge on any atom is -0.468 e. The maximum Gasteiger partial charge on any atom is 0.266 e.